The molecule has 0 bridgehead atoms. The Bertz CT molecular complexity index is 42.6. The molecule has 0 heterocycles. The molecule has 0 aliphatic carbocycles. The van der Waals surface area contributed by atoms with Gasteiger partial charge >= 0.3 is 0 Å². The van der Waals surface area contributed by atoms with E-state index in [0.717, 1.165) is 6.61 Å². The van der Waals surface area contributed by atoms with Gasteiger partial charge in [0.25, 0.3) is 0 Å². The standard InChI is InChI=1S/C6H13O/c1-5-7-6(2,3)4/h2,5H2,1,3-4H3/q-1. The first-order chi connectivity index (χ1) is 3.06. The van der Waals surface area contributed by atoms with E-state index in [0.29, 0.717) is 0 Å². The molecule has 0 aliphatic rings. The quantitative estimate of drug-likeness (QED) is 0.480. The van der Waals surface area contributed by atoms with E-state index in [1.165, 1.54) is 0 Å². The summed E-state index contributed by atoms with van der Waals surface area (Å²) in [6.07, 6.45) is 0. The fourth-order valence-corrected chi connectivity index (χ4v) is 0.391. The SMILES string of the molecule is [CH2-]C(C)(C)OCC. The maximum absolute atomic E-state index is 5.12. The third-order valence-electron chi connectivity index (χ3n) is 0.535. The van der Waals surface area contributed by atoms with Crippen molar-refractivity contribution in [3.63, 3.8) is 0 Å². The summed E-state index contributed by atoms with van der Waals surface area (Å²) < 4.78 is 5.12. The highest BCUT2D eigenvalue weighted by molar-refractivity contribution is 4.69. The molecule has 7 heavy (non-hydrogen) atoms. The van der Waals surface area contributed by atoms with Crippen LogP contribution >= 0.6 is 0 Å². The molecule has 0 fully saturated rings. The summed E-state index contributed by atoms with van der Waals surface area (Å²) in [6.45, 7) is 10.3. The van der Waals surface area contributed by atoms with Gasteiger partial charge in [0, 0.05) is 6.61 Å². The fraction of sp³-hybridized carbons (Fsp3) is 0.833. The molecule has 1 nitrogen and oxygen atoms in total. The van der Waals surface area contributed by atoms with Crippen molar-refractivity contribution in [2.24, 2.45) is 0 Å². The Balaban J connectivity index is 3.15. The van der Waals surface area contributed by atoms with Crippen molar-refractivity contribution in [2.45, 2.75) is 26.4 Å². The Kier molecular flexibility index (Phi) is 2.30. The second-order valence-electron chi connectivity index (χ2n) is 2.19. The van der Waals surface area contributed by atoms with Gasteiger partial charge < -0.3 is 11.7 Å². The van der Waals surface area contributed by atoms with Gasteiger partial charge in [-0.3, -0.25) is 0 Å². The van der Waals surface area contributed by atoms with E-state index >= 15 is 0 Å². The Hall–Kier alpha value is -0.0400. The Labute approximate surface area is 45.7 Å². The zero-order valence-corrected chi connectivity index (χ0v) is 5.32. The molecule has 0 unspecified atom stereocenters. The third-order valence-corrected chi connectivity index (χ3v) is 0.535. The van der Waals surface area contributed by atoms with Crippen LogP contribution in [-0.4, -0.2) is 12.2 Å². The predicted molar refractivity (Wildman–Crippen MR) is 31.1 cm³/mol. The summed E-state index contributed by atoms with van der Waals surface area (Å²) in [6, 6.07) is 0. The van der Waals surface area contributed by atoms with E-state index in [1.807, 2.05) is 20.8 Å². The van der Waals surface area contributed by atoms with Crippen LogP contribution in [0.15, 0.2) is 0 Å². The molecule has 0 spiro atoms. The minimum Gasteiger partial charge on any atom is -0.408 e. The maximum Gasteiger partial charge on any atom is 0.0409 e. The van der Waals surface area contributed by atoms with E-state index in [4.69, 9.17) is 4.74 Å². The Morgan fingerprint density at radius 3 is 2.00 bits per heavy atom. The lowest BCUT2D eigenvalue weighted by atomic mass is 10.2. The van der Waals surface area contributed by atoms with Crippen LogP contribution in [0.1, 0.15) is 20.8 Å². The van der Waals surface area contributed by atoms with Crippen molar-refractivity contribution in [1.29, 1.82) is 0 Å². The highest BCUT2D eigenvalue weighted by atomic mass is 16.5. The van der Waals surface area contributed by atoms with Crippen molar-refractivity contribution in [3.8, 4) is 0 Å². The lowest BCUT2D eigenvalue weighted by Gasteiger charge is -2.25. The molecular weight excluding hydrogens is 88.1 g/mol. The summed E-state index contributed by atoms with van der Waals surface area (Å²) in [5.74, 6) is 0. The van der Waals surface area contributed by atoms with Crippen molar-refractivity contribution < 1.29 is 4.74 Å². The average molecular weight is 101 g/mol. The molecule has 0 saturated heterocycles. The normalized spacial score (nSPS) is 12.0. The Morgan fingerprint density at radius 1 is 1.57 bits per heavy atom. The molecule has 0 amide bonds. The second kappa shape index (κ2) is 2.31. The molecule has 0 atom stereocenters. The van der Waals surface area contributed by atoms with Gasteiger partial charge in [-0.15, -0.1) is 0 Å². The monoisotopic (exact) mass is 101 g/mol. The van der Waals surface area contributed by atoms with E-state index in [-0.39, 0.29) is 5.60 Å². The molecule has 1 heteroatoms. The molecule has 0 saturated carbocycles. The summed E-state index contributed by atoms with van der Waals surface area (Å²) in [4.78, 5) is 0. The van der Waals surface area contributed by atoms with Gasteiger partial charge in [-0.25, -0.2) is 0 Å². The van der Waals surface area contributed by atoms with Crippen LogP contribution in [0.4, 0.5) is 0 Å². The van der Waals surface area contributed by atoms with E-state index in [2.05, 4.69) is 6.92 Å². The zero-order chi connectivity index (χ0) is 5.91. The van der Waals surface area contributed by atoms with Gasteiger partial charge in [0.05, 0.1) is 0 Å². The highest BCUT2D eigenvalue weighted by Crippen LogP contribution is 2.03. The second-order valence-corrected chi connectivity index (χ2v) is 2.19. The minimum atomic E-state index is -0.200. The van der Waals surface area contributed by atoms with Crippen LogP contribution in [0.3, 0.4) is 0 Å². The molecule has 0 N–H and O–H groups in total. The first-order valence-electron chi connectivity index (χ1n) is 2.55. The van der Waals surface area contributed by atoms with Gasteiger partial charge in [0.15, 0.2) is 0 Å². The first-order valence-corrected chi connectivity index (χ1v) is 2.55. The molecule has 0 aromatic rings. The lowest BCUT2D eigenvalue weighted by molar-refractivity contribution is 0.0262. The van der Waals surface area contributed by atoms with Crippen LogP contribution < -0.4 is 0 Å². The first kappa shape index (κ1) is 6.96. The molecule has 0 radical (unpaired) electrons. The smallest absolute Gasteiger partial charge is 0.0409 e. The van der Waals surface area contributed by atoms with Crippen LogP contribution in [-0.2, 0) is 4.74 Å². The van der Waals surface area contributed by atoms with E-state index < -0.39 is 0 Å². The van der Waals surface area contributed by atoms with Crippen LogP contribution in [0.25, 0.3) is 0 Å². The molecular formula is C6H13O-. The Morgan fingerprint density at radius 2 is 2.00 bits per heavy atom. The minimum absolute atomic E-state index is 0.200. The van der Waals surface area contributed by atoms with Gasteiger partial charge in [-0.1, -0.05) is 19.4 Å². The number of hydrogen-bond acceptors (Lipinski definition) is 1. The summed E-state index contributed by atoms with van der Waals surface area (Å²) in [7, 11) is 0. The summed E-state index contributed by atoms with van der Waals surface area (Å²) >= 11 is 0. The van der Waals surface area contributed by atoms with Crippen molar-refractivity contribution in [2.75, 3.05) is 6.61 Å². The van der Waals surface area contributed by atoms with Gasteiger partial charge in [-0.2, -0.15) is 0 Å². The zero-order valence-electron chi connectivity index (χ0n) is 5.32. The number of ether oxygens (including phenoxy) is 1. The van der Waals surface area contributed by atoms with E-state index in [1.54, 1.807) is 0 Å². The molecule has 44 valence electrons. The van der Waals surface area contributed by atoms with Crippen molar-refractivity contribution in [3.05, 3.63) is 6.92 Å². The largest absolute Gasteiger partial charge is 0.408 e. The maximum atomic E-state index is 5.12. The van der Waals surface area contributed by atoms with E-state index in [9.17, 15) is 0 Å². The van der Waals surface area contributed by atoms with Gasteiger partial charge in [0.2, 0.25) is 0 Å². The third kappa shape index (κ3) is 5.96. The number of rotatable bonds is 2. The van der Waals surface area contributed by atoms with Crippen molar-refractivity contribution in [1.82, 2.24) is 0 Å². The topological polar surface area (TPSA) is 9.23 Å². The van der Waals surface area contributed by atoms with Crippen molar-refractivity contribution >= 4 is 0 Å². The van der Waals surface area contributed by atoms with Gasteiger partial charge in [0.1, 0.15) is 0 Å². The van der Waals surface area contributed by atoms with Crippen LogP contribution in [0.5, 0.6) is 0 Å². The van der Waals surface area contributed by atoms with Crippen LogP contribution in [0.2, 0.25) is 0 Å². The summed E-state index contributed by atoms with van der Waals surface area (Å²) in [5, 5.41) is 0. The highest BCUT2D eigenvalue weighted by Gasteiger charge is 1.97. The fourth-order valence-electron chi connectivity index (χ4n) is 0.391. The molecule has 0 rings (SSSR count). The molecule has 0 aliphatic heterocycles. The lowest BCUT2D eigenvalue weighted by Crippen LogP contribution is -2.18. The molecule has 0 aromatic heterocycles. The predicted octanol–water partition coefficient (Wildman–Crippen LogP) is 1.64. The van der Waals surface area contributed by atoms with Crippen LogP contribution in [0, 0.1) is 6.92 Å². The van der Waals surface area contributed by atoms with Gasteiger partial charge in [-0.05, 0) is 6.92 Å². The summed E-state index contributed by atoms with van der Waals surface area (Å²) in [5.41, 5.74) is -0.200. The number of hydrogen-bond donors (Lipinski definition) is 0. The average Bonchev–Trinajstić information content (AvgIpc) is 1.30. The molecule has 0 aromatic carbocycles.